The third kappa shape index (κ3) is 2.06. The second-order valence-electron chi connectivity index (χ2n) is 4.46. The fourth-order valence-corrected chi connectivity index (χ4v) is 3.33. The Labute approximate surface area is 111 Å². The summed E-state index contributed by atoms with van der Waals surface area (Å²) < 4.78 is 0. The first-order valence-corrected chi connectivity index (χ1v) is 7.45. The van der Waals surface area contributed by atoms with Crippen molar-refractivity contribution in [1.82, 2.24) is 4.98 Å². The molecule has 0 saturated carbocycles. The van der Waals surface area contributed by atoms with E-state index in [1.165, 1.54) is 22.3 Å². The molecule has 1 aliphatic heterocycles. The summed E-state index contributed by atoms with van der Waals surface area (Å²) in [6, 6.07) is 8.43. The molecule has 18 heavy (non-hydrogen) atoms. The van der Waals surface area contributed by atoms with E-state index in [2.05, 4.69) is 34.1 Å². The zero-order valence-corrected chi connectivity index (χ0v) is 11.1. The molecule has 1 fully saturated rings. The Hall–Kier alpha value is -1.26. The number of hydrogen-bond donors (Lipinski definition) is 1. The maximum atomic E-state index is 5.79. The highest BCUT2D eigenvalue weighted by atomic mass is 32.2. The number of fused-ring (bicyclic) bond motifs is 1. The highest BCUT2D eigenvalue weighted by Crippen LogP contribution is 2.28. The largest absolute Gasteiger partial charge is 0.354 e. The van der Waals surface area contributed by atoms with Crippen LogP contribution in [-0.2, 0) is 6.54 Å². The van der Waals surface area contributed by atoms with Gasteiger partial charge in [-0.1, -0.05) is 24.3 Å². The van der Waals surface area contributed by atoms with Gasteiger partial charge in [0.15, 0.2) is 0 Å². The van der Waals surface area contributed by atoms with Crippen LogP contribution in [0.2, 0.25) is 0 Å². The van der Waals surface area contributed by atoms with Crippen molar-refractivity contribution in [3.8, 4) is 0 Å². The standard InChI is InChI=1S/C14H17N3S/c15-9-11-10-16-14(17-5-7-18-8-6-17)13-4-2-1-3-12(11)13/h1-4,10H,5-9,15H2. The quantitative estimate of drug-likeness (QED) is 0.898. The van der Waals surface area contributed by atoms with Crippen molar-refractivity contribution < 1.29 is 0 Å². The Bertz CT molecular complexity index is 550. The predicted octanol–water partition coefficient (Wildman–Crippen LogP) is 2.25. The van der Waals surface area contributed by atoms with Crippen molar-refractivity contribution in [2.75, 3.05) is 29.5 Å². The fourth-order valence-electron chi connectivity index (χ4n) is 2.43. The molecule has 0 atom stereocenters. The van der Waals surface area contributed by atoms with Crippen LogP contribution < -0.4 is 10.6 Å². The smallest absolute Gasteiger partial charge is 0.136 e. The van der Waals surface area contributed by atoms with Gasteiger partial charge in [0.05, 0.1) is 0 Å². The van der Waals surface area contributed by atoms with Crippen LogP contribution in [-0.4, -0.2) is 29.6 Å². The van der Waals surface area contributed by atoms with Crippen molar-refractivity contribution in [3.05, 3.63) is 36.0 Å². The van der Waals surface area contributed by atoms with E-state index < -0.39 is 0 Å². The van der Waals surface area contributed by atoms with E-state index in [1.54, 1.807) is 0 Å². The summed E-state index contributed by atoms with van der Waals surface area (Å²) in [7, 11) is 0. The topological polar surface area (TPSA) is 42.1 Å². The molecule has 0 radical (unpaired) electrons. The van der Waals surface area contributed by atoms with Crippen molar-refractivity contribution in [2.24, 2.45) is 5.73 Å². The minimum atomic E-state index is 0.545. The van der Waals surface area contributed by atoms with Crippen molar-refractivity contribution in [3.63, 3.8) is 0 Å². The maximum Gasteiger partial charge on any atom is 0.136 e. The van der Waals surface area contributed by atoms with Gasteiger partial charge in [0.2, 0.25) is 0 Å². The summed E-state index contributed by atoms with van der Waals surface area (Å²) in [5.74, 6) is 3.49. The Kier molecular flexibility index (Phi) is 3.39. The molecule has 4 heteroatoms. The molecule has 0 spiro atoms. The van der Waals surface area contributed by atoms with Crippen LogP contribution in [0.5, 0.6) is 0 Å². The van der Waals surface area contributed by atoms with Gasteiger partial charge in [-0.3, -0.25) is 0 Å². The Morgan fingerprint density at radius 2 is 1.89 bits per heavy atom. The Morgan fingerprint density at radius 1 is 1.17 bits per heavy atom. The molecule has 1 aromatic carbocycles. The summed E-state index contributed by atoms with van der Waals surface area (Å²) in [5, 5.41) is 2.47. The third-order valence-corrected chi connectivity index (χ3v) is 4.33. The molecule has 2 N–H and O–H groups in total. The van der Waals surface area contributed by atoms with E-state index in [9.17, 15) is 0 Å². The number of benzene rings is 1. The molecule has 0 amide bonds. The first kappa shape index (κ1) is 11.8. The van der Waals surface area contributed by atoms with Crippen LogP contribution in [0.3, 0.4) is 0 Å². The van der Waals surface area contributed by atoms with E-state index in [1.807, 2.05) is 18.0 Å². The van der Waals surface area contributed by atoms with Gasteiger partial charge in [0.1, 0.15) is 5.82 Å². The summed E-state index contributed by atoms with van der Waals surface area (Å²) in [5.41, 5.74) is 6.91. The zero-order valence-electron chi connectivity index (χ0n) is 10.3. The minimum absolute atomic E-state index is 0.545. The van der Waals surface area contributed by atoms with E-state index in [0.29, 0.717) is 6.54 Å². The van der Waals surface area contributed by atoms with Crippen molar-refractivity contribution in [2.45, 2.75) is 6.54 Å². The van der Waals surface area contributed by atoms with Crippen LogP contribution >= 0.6 is 11.8 Å². The Morgan fingerprint density at radius 3 is 2.61 bits per heavy atom. The molecular formula is C14H17N3S. The molecule has 3 nitrogen and oxygen atoms in total. The average Bonchev–Trinajstić information content (AvgIpc) is 2.47. The van der Waals surface area contributed by atoms with Crippen LogP contribution in [0.25, 0.3) is 10.8 Å². The van der Waals surface area contributed by atoms with Crippen LogP contribution in [0.4, 0.5) is 5.82 Å². The second-order valence-corrected chi connectivity index (χ2v) is 5.68. The number of hydrogen-bond acceptors (Lipinski definition) is 4. The summed E-state index contributed by atoms with van der Waals surface area (Å²) in [6.07, 6.45) is 1.93. The van der Waals surface area contributed by atoms with Crippen LogP contribution in [0.1, 0.15) is 5.56 Å². The predicted molar refractivity (Wildman–Crippen MR) is 79.2 cm³/mol. The van der Waals surface area contributed by atoms with Gasteiger partial charge in [0, 0.05) is 42.7 Å². The first-order chi connectivity index (χ1) is 8.90. The van der Waals surface area contributed by atoms with Gasteiger partial charge in [-0.25, -0.2) is 4.98 Å². The highest BCUT2D eigenvalue weighted by Gasteiger charge is 2.15. The molecule has 0 aliphatic carbocycles. The third-order valence-electron chi connectivity index (χ3n) is 3.39. The van der Waals surface area contributed by atoms with Gasteiger partial charge in [-0.05, 0) is 10.9 Å². The Balaban J connectivity index is 2.12. The second kappa shape index (κ2) is 5.16. The molecular weight excluding hydrogens is 242 g/mol. The molecule has 3 rings (SSSR count). The number of nitrogens with zero attached hydrogens (tertiary/aromatic N) is 2. The number of aromatic nitrogens is 1. The molecule has 1 aliphatic rings. The van der Waals surface area contributed by atoms with Gasteiger partial charge in [-0.2, -0.15) is 11.8 Å². The number of anilines is 1. The van der Waals surface area contributed by atoms with E-state index >= 15 is 0 Å². The van der Waals surface area contributed by atoms with Gasteiger partial charge in [-0.15, -0.1) is 0 Å². The molecule has 2 aromatic rings. The lowest BCUT2D eigenvalue weighted by molar-refractivity contribution is 0.843. The molecule has 94 valence electrons. The average molecular weight is 259 g/mol. The SMILES string of the molecule is NCc1cnc(N2CCSCC2)c2ccccc12. The normalized spacial score (nSPS) is 16.2. The lowest BCUT2D eigenvalue weighted by Gasteiger charge is -2.28. The summed E-state index contributed by atoms with van der Waals surface area (Å²) >= 11 is 2.02. The number of pyridine rings is 1. The molecule has 0 bridgehead atoms. The van der Waals surface area contributed by atoms with E-state index in [0.717, 1.165) is 24.5 Å². The van der Waals surface area contributed by atoms with Gasteiger partial charge < -0.3 is 10.6 Å². The number of rotatable bonds is 2. The van der Waals surface area contributed by atoms with Gasteiger partial charge >= 0.3 is 0 Å². The number of thioether (sulfide) groups is 1. The van der Waals surface area contributed by atoms with E-state index in [4.69, 9.17) is 5.73 Å². The summed E-state index contributed by atoms with van der Waals surface area (Å²) in [6.45, 7) is 2.72. The molecule has 1 aromatic heterocycles. The molecule has 2 heterocycles. The first-order valence-electron chi connectivity index (χ1n) is 6.29. The molecule has 1 saturated heterocycles. The monoisotopic (exact) mass is 259 g/mol. The van der Waals surface area contributed by atoms with Crippen LogP contribution in [0, 0.1) is 0 Å². The maximum absolute atomic E-state index is 5.79. The fraction of sp³-hybridized carbons (Fsp3) is 0.357. The lowest BCUT2D eigenvalue weighted by atomic mass is 10.1. The van der Waals surface area contributed by atoms with Crippen LogP contribution in [0.15, 0.2) is 30.5 Å². The minimum Gasteiger partial charge on any atom is -0.354 e. The highest BCUT2D eigenvalue weighted by molar-refractivity contribution is 7.99. The van der Waals surface area contributed by atoms with Crippen molar-refractivity contribution >= 4 is 28.4 Å². The molecule has 0 unspecified atom stereocenters. The zero-order chi connectivity index (χ0) is 12.4. The van der Waals surface area contributed by atoms with Gasteiger partial charge in [0.25, 0.3) is 0 Å². The summed E-state index contributed by atoms with van der Waals surface area (Å²) in [4.78, 5) is 7.03. The lowest BCUT2D eigenvalue weighted by Crippen LogP contribution is -2.33. The van der Waals surface area contributed by atoms with E-state index in [-0.39, 0.29) is 0 Å². The number of nitrogens with two attached hydrogens (primary N) is 1. The van der Waals surface area contributed by atoms with Crippen molar-refractivity contribution in [1.29, 1.82) is 0 Å².